The number of nitrogens with two attached hydrogens (primary N) is 1. The van der Waals surface area contributed by atoms with Crippen LogP contribution in [0.2, 0.25) is 0 Å². The van der Waals surface area contributed by atoms with Gasteiger partial charge >= 0.3 is 0 Å². The lowest BCUT2D eigenvalue weighted by Gasteiger charge is -2.36. The second-order valence-corrected chi connectivity index (χ2v) is 9.34. The first-order valence-electron chi connectivity index (χ1n) is 12.0. The second-order valence-electron chi connectivity index (χ2n) is 9.34. The number of carbonyl (C=O) groups is 1. The summed E-state index contributed by atoms with van der Waals surface area (Å²) in [5.41, 5.74) is 6.13. The highest BCUT2D eigenvalue weighted by Gasteiger charge is 2.34. The molecule has 0 radical (unpaired) electrons. The van der Waals surface area contributed by atoms with Crippen molar-refractivity contribution in [3.8, 4) is 17.0 Å². The van der Waals surface area contributed by atoms with Crippen molar-refractivity contribution >= 4 is 5.78 Å². The molecule has 4 N–H and O–H groups in total. The van der Waals surface area contributed by atoms with Gasteiger partial charge in [0, 0.05) is 37.0 Å². The second kappa shape index (κ2) is 11.4. The Labute approximate surface area is 212 Å². The molecule has 0 spiro atoms. The molecule has 3 aromatic rings. The number of aliphatic hydroxyl groups excluding tert-OH is 2. The van der Waals surface area contributed by atoms with Gasteiger partial charge in [-0.1, -0.05) is 6.92 Å². The highest BCUT2D eigenvalue weighted by atomic mass is 19.1. The number of Topliss-reactive ketones (excluding diaryl/α,β-unsaturated/α-hetero) is 1. The van der Waals surface area contributed by atoms with E-state index >= 15 is 0 Å². The van der Waals surface area contributed by atoms with Gasteiger partial charge in [-0.25, -0.2) is 18.2 Å². The van der Waals surface area contributed by atoms with Crippen molar-refractivity contribution in [3.63, 3.8) is 0 Å². The maximum Gasteiger partial charge on any atom is 0.185 e. The summed E-state index contributed by atoms with van der Waals surface area (Å²) in [6, 6.07) is 5.26. The van der Waals surface area contributed by atoms with Crippen LogP contribution in [0.1, 0.15) is 47.3 Å². The van der Waals surface area contributed by atoms with Crippen LogP contribution in [0.15, 0.2) is 42.7 Å². The third-order valence-corrected chi connectivity index (χ3v) is 6.71. The van der Waals surface area contributed by atoms with Crippen molar-refractivity contribution in [2.24, 2.45) is 11.7 Å². The highest BCUT2D eigenvalue weighted by molar-refractivity contribution is 5.96. The Hall–Kier alpha value is -3.34. The monoisotopic (exact) mass is 515 g/mol. The Kier molecular flexibility index (Phi) is 8.21. The van der Waals surface area contributed by atoms with Crippen LogP contribution in [-0.4, -0.2) is 51.3 Å². The van der Waals surface area contributed by atoms with Crippen LogP contribution < -0.4 is 10.5 Å². The van der Waals surface area contributed by atoms with E-state index in [1.165, 1.54) is 6.07 Å². The van der Waals surface area contributed by atoms with Crippen molar-refractivity contribution in [1.82, 2.24) is 9.97 Å². The van der Waals surface area contributed by atoms with E-state index in [0.29, 0.717) is 18.4 Å². The van der Waals surface area contributed by atoms with Crippen LogP contribution in [0.4, 0.5) is 13.2 Å². The van der Waals surface area contributed by atoms with Crippen LogP contribution >= 0.6 is 0 Å². The number of nitrogens with zero attached hydrogens (tertiary/aromatic N) is 2. The molecule has 0 amide bonds. The van der Waals surface area contributed by atoms with Crippen LogP contribution in [0.5, 0.6) is 5.75 Å². The van der Waals surface area contributed by atoms with Crippen LogP contribution in [0.3, 0.4) is 0 Å². The molecule has 0 aliphatic heterocycles. The first-order valence-corrected chi connectivity index (χ1v) is 12.0. The number of hydrogen-bond donors (Lipinski definition) is 3. The molecule has 1 aliphatic carbocycles. The molecule has 7 nitrogen and oxygen atoms in total. The first-order chi connectivity index (χ1) is 17.7. The molecule has 4 atom stereocenters. The number of rotatable bonds is 8. The Morgan fingerprint density at radius 2 is 1.86 bits per heavy atom. The van der Waals surface area contributed by atoms with E-state index in [4.69, 9.17) is 15.6 Å². The zero-order valence-electron chi connectivity index (χ0n) is 20.2. The number of benzene rings is 1. The molecule has 2 aromatic heterocycles. The van der Waals surface area contributed by atoms with E-state index in [0.717, 1.165) is 23.8 Å². The largest absolute Gasteiger partial charge is 0.491 e. The lowest BCUT2D eigenvalue weighted by molar-refractivity contribution is 0.0519. The van der Waals surface area contributed by atoms with E-state index in [9.17, 15) is 23.1 Å². The number of ether oxygens (including phenoxy) is 1. The smallest absolute Gasteiger partial charge is 0.185 e. The fourth-order valence-electron chi connectivity index (χ4n) is 4.87. The number of hydrogen-bond acceptors (Lipinski definition) is 7. The number of ketones is 1. The SMILES string of the molecule is C[C@H]1C[C@@H](c2ccncc2CC(=O)c2ccc(F)c(-c3c(F)cc(OCCO)cc3F)n2)C[C@@H](N)[C@@H]1O. The van der Waals surface area contributed by atoms with E-state index in [1.807, 2.05) is 13.0 Å². The van der Waals surface area contributed by atoms with E-state index in [1.54, 1.807) is 12.4 Å². The van der Waals surface area contributed by atoms with Crippen LogP contribution in [0, 0.1) is 23.4 Å². The quantitative estimate of drug-likeness (QED) is 0.393. The zero-order valence-corrected chi connectivity index (χ0v) is 20.2. The van der Waals surface area contributed by atoms with E-state index in [2.05, 4.69) is 9.97 Å². The number of halogens is 3. The minimum Gasteiger partial charge on any atom is -0.491 e. The molecule has 10 heteroatoms. The summed E-state index contributed by atoms with van der Waals surface area (Å²) >= 11 is 0. The van der Waals surface area contributed by atoms with Crippen molar-refractivity contribution < 1.29 is 32.9 Å². The molecular weight excluding hydrogens is 487 g/mol. The zero-order chi connectivity index (χ0) is 26.7. The maximum absolute atomic E-state index is 14.7. The summed E-state index contributed by atoms with van der Waals surface area (Å²) < 4.78 is 49.1. The van der Waals surface area contributed by atoms with Crippen LogP contribution in [-0.2, 0) is 6.42 Å². The predicted octanol–water partition coefficient (Wildman–Crippen LogP) is 3.56. The maximum atomic E-state index is 14.7. The highest BCUT2D eigenvalue weighted by Crippen LogP contribution is 2.37. The fourth-order valence-corrected chi connectivity index (χ4v) is 4.87. The number of carbonyl (C=O) groups excluding carboxylic acids is 1. The normalized spacial score (nSPS) is 21.6. The summed E-state index contributed by atoms with van der Waals surface area (Å²) in [6.07, 6.45) is 3.73. The topological polar surface area (TPSA) is 119 Å². The summed E-state index contributed by atoms with van der Waals surface area (Å²) in [5, 5.41) is 19.0. The number of aromatic nitrogens is 2. The third-order valence-electron chi connectivity index (χ3n) is 6.71. The average molecular weight is 516 g/mol. The van der Waals surface area contributed by atoms with Gasteiger partial charge in [0.25, 0.3) is 0 Å². The summed E-state index contributed by atoms with van der Waals surface area (Å²) in [6.45, 7) is 1.41. The van der Waals surface area contributed by atoms with Crippen LogP contribution in [0.25, 0.3) is 11.3 Å². The molecular formula is C27H28F3N3O4. The molecule has 2 heterocycles. The van der Waals surface area contributed by atoms with Gasteiger partial charge in [-0.05, 0) is 54.0 Å². The molecule has 196 valence electrons. The molecule has 37 heavy (non-hydrogen) atoms. The molecule has 1 saturated carbocycles. The van der Waals surface area contributed by atoms with Crippen molar-refractivity contribution in [2.75, 3.05) is 13.2 Å². The fraction of sp³-hybridized carbons (Fsp3) is 0.370. The standard InChI is InChI=1S/C27H28F3N3O4/c1-14-8-15(9-22(31)27(14)36)18-4-5-32-13-16(18)10-24(35)23-3-2-19(28)26(33-23)25-20(29)11-17(12-21(25)30)37-7-6-34/h2-5,11-15,22,27,34,36H,6-10,31H2,1H3/t14-,15+,22+,27+/m0/s1. The van der Waals surface area contributed by atoms with Crippen molar-refractivity contribution in [3.05, 3.63) is 77.0 Å². The van der Waals surface area contributed by atoms with Gasteiger partial charge < -0.3 is 20.7 Å². The number of aliphatic hydroxyl groups is 2. The van der Waals surface area contributed by atoms with Gasteiger partial charge in [0.1, 0.15) is 41.2 Å². The lowest BCUT2D eigenvalue weighted by atomic mass is 9.74. The summed E-state index contributed by atoms with van der Waals surface area (Å²) in [4.78, 5) is 21.3. The van der Waals surface area contributed by atoms with Gasteiger partial charge in [0.2, 0.25) is 0 Å². The van der Waals surface area contributed by atoms with Crippen molar-refractivity contribution in [1.29, 1.82) is 0 Å². The molecule has 1 aromatic carbocycles. The number of pyridine rings is 2. The Morgan fingerprint density at radius 3 is 2.54 bits per heavy atom. The van der Waals surface area contributed by atoms with Gasteiger partial charge in [-0.3, -0.25) is 9.78 Å². The Bertz CT molecular complexity index is 1250. The Balaban J connectivity index is 1.61. The minimum atomic E-state index is -1.12. The predicted molar refractivity (Wildman–Crippen MR) is 130 cm³/mol. The Morgan fingerprint density at radius 1 is 1.14 bits per heavy atom. The first kappa shape index (κ1) is 26.7. The summed E-state index contributed by atoms with van der Waals surface area (Å²) in [5.74, 6) is -3.89. The molecule has 1 aliphatic rings. The van der Waals surface area contributed by atoms with Gasteiger partial charge in [0.05, 0.1) is 18.3 Å². The van der Waals surface area contributed by atoms with Gasteiger partial charge in [-0.2, -0.15) is 0 Å². The molecule has 0 unspecified atom stereocenters. The molecule has 0 saturated heterocycles. The molecule has 4 rings (SSSR count). The molecule has 0 bridgehead atoms. The minimum absolute atomic E-state index is 0.0167. The van der Waals surface area contributed by atoms with Gasteiger partial charge in [0.15, 0.2) is 5.78 Å². The lowest BCUT2D eigenvalue weighted by Crippen LogP contribution is -2.44. The van der Waals surface area contributed by atoms with Crippen molar-refractivity contribution in [2.45, 2.75) is 44.2 Å². The molecule has 1 fully saturated rings. The third kappa shape index (κ3) is 5.82. The van der Waals surface area contributed by atoms with E-state index < -0.39 is 46.6 Å². The average Bonchev–Trinajstić information content (AvgIpc) is 2.86. The summed E-state index contributed by atoms with van der Waals surface area (Å²) in [7, 11) is 0. The van der Waals surface area contributed by atoms with E-state index in [-0.39, 0.29) is 42.9 Å². The van der Waals surface area contributed by atoms with Gasteiger partial charge in [-0.15, -0.1) is 0 Å².